The number of hydrogen-bond donors (Lipinski definition) is 2. The molecule has 0 aliphatic rings. The fourth-order valence-electron chi connectivity index (χ4n) is 1.70. The van der Waals surface area contributed by atoms with E-state index in [-0.39, 0.29) is 0 Å². The second kappa shape index (κ2) is 6.77. The van der Waals surface area contributed by atoms with Crippen molar-refractivity contribution in [2.75, 3.05) is 13.6 Å². The third-order valence-corrected chi connectivity index (χ3v) is 6.39. The maximum absolute atomic E-state index is 12.1. The van der Waals surface area contributed by atoms with Gasteiger partial charge in [-0.05, 0) is 31.0 Å². The molecule has 0 spiro atoms. The molecule has 0 amide bonds. The minimum Gasteiger partial charge on any atom is -0.316 e. The van der Waals surface area contributed by atoms with Crippen LogP contribution < -0.4 is 10.0 Å². The van der Waals surface area contributed by atoms with Gasteiger partial charge in [-0.3, -0.25) is 0 Å². The Bertz CT molecular complexity index is 661. The minimum atomic E-state index is -3.40. The molecule has 2 N–H and O–H groups in total. The zero-order chi connectivity index (χ0) is 14.6. The van der Waals surface area contributed by atoms with E-state index in [0.29, 0.717) is 23.7 Å². The molecule has 0 saturated heterocycles. The first-order chi connectivity index (χ1) is 9.51. The summed E-state index contributed by atoms with van der Waals surface area (Å²) in [7, 11) is -1.57. The summed E-state index contributed by atoms with van der Waals surface area (Å²) in [5.41, 5.74) is 1.91. The van der Waals surface area contributed by atoms with Gasteiger partial charge in [0.1, 0.15) is 4.21 Å². The molecule has 0 atom stereocenters. The average molecular weight is 331 g/mol. The van der Waals surface area contributed by atoms with Crippen LogP contribution in [0, 0.1) is 6.92 Å². The third kappa shape index (κ3) is 4.10. The SMILES string of the molecule is CNCc1csc(S(=O)(=O)NCCc2csc(C)n2)c1. The number of aromatic nitrogens is 1. The first-order valence-electron chi connectivity index (χ1n) is 6.14. The number of nitrogens with one attached hydrogen (secondary N) is 2. The van der Waals surface area contributed by atoms with Crippen molar-refractivity contribution in [3.8, 4) is 0 Å². The molecule has 0 aliphatic carbocycles. The van der Waals surface area contributed by atoms with E-state index >= 15 is 0 Å². The minimum absolute atomic E-state index is 0.359. The van der Waals surface area contributed by atoms with E-state index in [4.69, 9.17) is 0 Å². The largest absolute Gasteiger partial charge is 0.316 e. The number of rotatable bonds is 7. The van der Waals surface area contributed by atoms with Crippen molar-refractivity contribution in [3.63, 3.8) is 0 Å². The molecule has 110 valence electrons. The highest BCUT2D eigenvalue weighted by Gasteiger charge is 2.16. The highest BCUT2D eigenvalue weighted by atomic mass is 32.2. The zero-order valence-corrected chi connectivity index (χ0v) is 13.8. The molecular weight excluding hydrogens is 314 g/mol. The number of sulfonamides is 1. The summed E-state index contributed by atoms with van der Waals surface area (Å²) < 4.78 is 27.2. The number of nitrogens with zero attached hydrogens (tertiary/aromatic N) is 1. The lowest BCUT2D eigenvalue weighted by atomic mass is 10.3. The third-order valence-electron chi connectivity index (χ3n) is 2.62. The van der Waals surface area contributed by atoms with Crippen LogP contribution in [-0.4, -0.2) is 27.0 Å². The highest BCUT2D eigenvalue weighted by molar-refractivity contribution is 7.91. The summed E-state index contributed by atoms with van der Waals surface area (Å²) in [6.07, 6.45) is 0.609. The van der Waals surface area contributed by atoms with Crippen LogP contribution >= 0.6 is 22.7 Å². The first kappa shape index (κ1) is 15.6. The van der Waals surface area contributed by atoms with Crippen molar-refractivity contribution in [2.24, 2.45) is 0 Å². The van der Waals surface area contributed by atoms with Gasteiger partial charge in [0.2, 0.25) is 10.0 Å². The Morgan fingerprint density at radius 2 is 2.10 bits per heavy atom. The molecule has 0 aromatic carbocycles. The molecule has 8 heteroatoms. The van der Waals surface area contributed by atoms with Crippen LogP contribution in [0.2, 0.25) is 0 Å². The summed E-state index contributed by atoms with van der Waals surface area (Å²) in [5, 5.41) is 7.81. The van der Waals surface area contributed by atoms with E-state index < -0.39 is 10.0 Å². The molecule has 0 radical (unpaired) electrons. The van der Waals surface area contributed by atoms with E-state index in [2.05, 4.69) is 15.0 Å². The van der Waals surface area contributed by atoms with Gasteiger partial charge in [-0.15, -0.1) is 22.7 Å². The first-order valence-corrected chi connectivity index (χ1v) is 9.38. The topological polar surface area (TPSA) is 71.1 Å². The molecule has 2 aromatic heterocycles. The lowest BCUT2D eigenvalue weighted by Crippen LogP contribution is -2.25. The smallest absolute Gasteiger partial charge is 0.250 e. The summed E-state index contributed by atoms with van der Waals surface area (Å²) in [6.45, 7) is 2.97. The van der Waals surface area contributed by atoms with Gasteiger partial charge in [0.05, 0.1) is 10.7 Å². The van der Waals surface area contributed by atoms with E-state index in [1.165, 1.54) is 11.3 Å². The molecular formula is C12H17N3O2S3. The Labute approximate surface area is 127 Å². The number of aryl methyl sites for hydroxylation is 1. The summed E-state index contributed by atoms with van der Waals surface area (Å²) in [6, 6.07) is 1.70. The summed E-state index contributed by atoms with van der Waals surface area (Å²) >= 11 is 2.82. The van der Waals surface area contributed by atoms with Crippen molar-refractivity contribution in [1.82, 2.24) is 15.0 Å². The van der Waals surface area contributed by atoms with Gasteiger partial charge in [0.25, 0.3) is 0 Å². The highest BCUT2D eigenvalue weighted by Crippen LogP contribution is 2.20. The molecule has 0 aliphatic heterocycles. The van der Waals surface area contributed by atoms with Crippen LogP contribution in [0.5, 0.6) is 0 Å². The quantitative estimate of drug-likeness (QED) is 0.811. The Balaban J connectivity index is 1.92. The molecule has 0 unspecified atom stereocenters. The monoisotopic (exact) mass is 331 g/mol. The van der Waals surface area contributed by atoms with Gasteiger partial charge in [-0.2, -0.15) is 0 Å². The second-order valence-electron chi connectivity index (χ2n) is 4.31. The molecule has 5 nitrogen and oxygen atoms in total. The Morgan fingerprint density at radius 3 is 2.75 bits per heavy atom. The molecule has 2 rings (SSSR count). The lowest BCUT2D eigenvalue weighted by molar-refractivity contribution is 0.583. The molecule has 0 bridgehead atoms. The maximum atomic E-state index is 12.1. The molecule has 2 heterocycles. The molecule has 0 fully saturated rings. The number of thiophene rings is 1. The van der Waals surface area contributed by atoms with Crippen molar-refractivity contribution >= 4 is 32.7 Å². The Kier molecular flexibility index (Phi) is 5.28. The number of hydrogen-bond acceptors (Lipinski definition) is 6. The second-order valence-corrected chi connectivity index (χ2v) is 8.28. The molecule has 2 aromatic rings. The average Bonchev–Trinajstić information content (AvgIpc) is 2.99. The van der Waals surface area contributed by atoms with Crippen molar-refractivity contribution in [2.45, 2.75) is 24.1 Å². The van der Waals surface area contributed by atoms with E-state index in [0.717, 1.165) is 16.3 Å². The van der Waals surface area contributed by atoms with E-state index in [1.807, 2.05) is 24.7 Å². The van der Waals surface area contributed by atoms with Crippen LogP contribution in [0.3, 0.4) is 0 Å². The van der Waals surface area contributed by atoms with Crippen LogP contribution in [0.15, 0.2) is 21.0 Å². The van der Waals surface area contributed by atoms with Crippen molar-refractivity contribution in [3.05, 3.63) is 33.1 Å². The zero-order valence-electron chi connectivity index (χ0n) is 11.3. The number of thiazole rings is 1. The van der Waals surface area contributed by atoms with Crippen molar-refractivity contribution < 1.29 is 8.42 Å². The van der Waals surface area contributed by atoms with Gasteiger partial charge < -0.3 is 5.32 Å². The van der Waals surface area contributed by atoms with Gasteiger partial charge in [-0.1, -0.05) is 0 Å². The van der Waals surface area contributed by atoms with Gasteiger partial charge >= 0.3 is 0 Å². The Hall–Kier alpha value is -0.800. The summed E-state index contributed by atoms with van der Waals surface area (Å²) in [4.78, 5) is 4.31. The van der Waals surface area contributed by atoms with Gasteiger partial charge in [0.15, 0.2) is 0 Å². The van der Waals surface area contributed by atoms with E-state index in [1.54, 1.807) is 17.4 Å². The van der Waals surface area contributed by atoms with E-state index in [9.17, 15) is 8.42 Å². The predicted octanol–water partition coefficient (Wildman–Crippen LogP) is 1.75. The standard InChI is InChI=1S/C12H17N3O2S3/c1-9-15-11(8-18-9)3-4-14-20(16,17)12-5-10(6-13-2)7-19-12/h5,7-8,13-14H,3-4,6H2,1-2H3. The lowest BCUT2D eigenvalue weighted by Gasteiger charge is -2.03. The molecule has 20 heavy (non-hydrogen) atoms. The van der Waals surface area contributed by atoms with Crippen LogP contribution in [0.1, 0.15) is 16.3 Å². The summed E-state index contributed by atoms with van der Waals surface area (Å²) in [5.74, 6) is 0. The van der Waals surface area contributed by atoms with Crippen LogP contribution in [-0.2, 0) is 23.0 Å². The fraction of sp³-hybridized carbons (Fsp3) is 0.417. The van der Waals surface area contributed by atoms with Crippen LogP contribution in [0.4, 0.5) is 0 Å². The molecule has 0 saturated carbocycles. The normalized spacial score (nSPS) is 11.9. The predicted molar refractivity (Wildman–Crippen MR) is 82.8 cm³/mol. The Morgan fingerprint density at radius 1 is 1.30 bits per heavy atom. The fourth-order valence-corrected chi connectivity index (χ4v) is 4.63. The van der Waals surface area contributed by atoms with Crippen LogP contribution in [0.25, 0.3) is 0 Å². The van der Waals surface area contributed by atoms with Gasteiger partial charge in [0, 0.05) is 24.9 Å². The van der Waals surface area contributed by atoms with Gasteiger partial charge in [-0.25, -0.2) is 18.1 Å². The maximum Gasteiger partial charge on any atom is 0.250 e. The van der Waals surface area contributed by atoms with Crippen molar-refractivity contribution in [1.29, 1.82) is 0 Å².